The Labute approximate surface area is 162 Å². The fourth-order valence-electron chi connectivity index (χ4n) is 5.01. The second kappa shape index (κ2) is 7.53. The van der Waals surface area contributed by atoms with E-state index in [1.807, 2.05) is 24.1 Å². The van der Waals surface area contributed by atoms with Crippen LogP contribution in [0.2, 0.25) is 0 Å². The van der Waals surface area contributed by atoms with Crippen LogP contribution in [0.25, 0.3) is 0 Å². The summed E-state index contributed by atoms with van der Waals surface area (Å²) in [5.74, 6) is 1.71. The SMILES string of the molecule is CC(=O)N(C)C1CCN(c2ccc(C(=O)N3CC4CCC(CC4)C3)cc2)C1. The lowest BCUT2D eigenvalue weighted by atomic mass is 9.84. The maximum Gasteiger partial charge on any atom is 0.253 e. The van der Waals surface area contributed by atoms with Crippen LogP contribution in [-0.2, 0) is 4.79 Å². The number of amides is 2. The van der Waals surface area contributed by atoms with Gasteiger partial charge < -0.3 is 14.7 Å². The quantitative estimate of drug-likeness (QED) is 0.823. The zero-order chi connectivity index (χ0) is 19.0. The Kier molecular flexibility index (Phi) is 5.11. The Morgan fingerprint density at radius 1 is 0.926 bits per heavy atom. The number of benzene rings is 1. The van der Waals surface area contributed by atoms with Crippen molar-refractivity contribution in [3.05, 3.63) is 29.8 Å². The Morgan fingerprint density at radius 2 is 1.52 bits per heavy atom. The van der Waals surface area contributed by atoms with Gasteiger partial charge >= 0.3 is 0 Å². The van der Waals surface area contributed by atoms with Crippen LogP contribution in [-0.4, -0.2) is 60.9 Å². The molecule has 5 heteroatoms. The van der Waals surface area contributed by atoms with Crippen molar-refractivity contribution in [1.82, 2.24) is 9.80 Å². The molecule has 1 aromatic carbocycles. The van der Waals surface area contributed by atoms with Gasteiger partial charge in [0.2, 0.25) is 5.91 Å². The van der Waals surface area contributed by atoms with Crippen LogP contribution in [0.4, 0.5) is 5.69 Å². The Bertz CT molecular complexity index is 680. The molecule has 2 bridgehead atoms. The van der Waals surface area contributed by atoms with Gasteiger partial charge in [0, 0.05) is 51.4 Å². The molecule has 1 unspecified atom stereocenters. The summed E-state index contributed by atoms with van der Waals surface area (Å²) in [7, 11) is 1.88. The molecule has 27 heavy (non-hydrogen) atoms. The first-order valence-corrected chi connectivity index (χ1v) is 10.4. The minimum absolute atomic E-state index is 0.120. The molecule has 1 aliphatic carbocycles. The zero-order valence-electron chi connectivity index (χ0n) is 16.6. The normalized spacial score (nSPS) is 27.6. The summed E-state index contributed by atoms with van der Waals surface area (Å²) in [5.41, 5.74) is 1.94. The lowest BCUT2D eigenvalue weighted by molar-refractivity contribution is -0.129. The highest BCUT2D eigenvalue weighted by Crippen LogP contribution is 2.34. The van der Waals surface area contributed by atoms with E-state index in [0.29, 0.717) is 11.8 Å². The van der Waals surface area contributed by atoms with E-state index in [4.69, 9.17) is 0 Å². The molecule has 3 aliphatic heterocycles. The molecule has 0 aromatic heterocycles. The molecule has 0 radical (unpaired) electrons. The molecule has 0 N–H and O–H groups in total. The van der Waals surface area contributed by atoms with Crippen molar-refractivity contribution < 1.29 is 9.59 Å². The molecule has 1 saturated carbocycles. The summed E-state index contributed by atoms with van der Waals surface area (Å²) in [6, 6.07) is 8.36. The Hall–Kier alpha value is -2.04. The van der Waals surface area contributed by atoms with Gasteiger partial charge in [-0.1, -0.05) is 0 Å². The van der Waals surface area contributed by atoms with Gasteiger partial charge in [0.15, 0.2) is 0 Å². The number of hydrogen-bond acceptors (Lipinski definition) is 3. The van der Waals surface area contributed by atoms with E-state index in [0.717, 1.165) is 43.9 Å². The Morgan fingerprint density at radius 3 is 2.07 bits per heavy atom. The van der Waals surface area contributed by atoms with Crippen LogP contribution < -0.4 is 4.90 Å². The van der Waals surface area contributed by atoms with Gasteiger partial charge in [-0.2, -0.15) is 0 Å². The lowest BCUT2D eigenvalue weighted by Crippen LogP contribution is -2.37. The van der Waals surface area contributed by atoms with Crippen molar-refractivity contribution in [2.75, 3.05) is 38.1 Å². The molecule has 5 rings (SSSR count). The van der Waals surface area contributed by atoms with Crippen LogP contribution in [0.15, 0.2) is 24.3 Å². The number of likely N-dealkylation sites (N-methyl/N-ethyl adjacent to an activating group) is 1. The summed E-state index contributed by atoms with van der Waals surface area (Å²) in [6.07, 6.45) is 6.15. The van der Waals surface area contributed by atoms with Crippen molar-refractivity contribution >= 4 is 17.5 Å². The molecule has 1 atom stereocenters. The first kappa shape index (κ1) is 18.3. The molecule has 4 fully saturated rings. The molecular weight excluding hydrogens is 338 g/mol. The summed E-state index contributed by atoms with van der Waals surface area (Å²) in [5, 5.41) is 0. The van der Waals surface area contributed by atoms with Crippen LogP contribution in [0, 0.1) is 11.8 Å². The van der Waals surface area contributed by atoms with E-state index in [-0.39, 0.29) is 17.9 Å². The fraction of sp³-hybridized carbons (Fsp3) is 0.636. The van der Waals surface area contributed by atoms with Gasteiger partial charge in [0.05, 0.1) is 6.04 Å². The second-order valence-electron chi connectivity index (χ2n) is 8.66. The van der Waals surface area contributed by atoms with Crippen molar-refractivity contribution in [3.8, 4) is 0 Å². The van der Waals surface area contributed by atoms with Gasteiger partial charge in [-0.3, -0.25) is 9.59 Å². The molecule has 3 heterocycles. The molecule has 4 aliphatic rings. The number of carbonyl (C=O) groups is 2. The molecule has 0 spiro atoms. The minimum atomic E-state index is 0.120. The lowest BCUT2D eigenvalue weighted by Gasteiger charge is -2.25. The predicted octanol–water partition coefficient (Wildman–Crippen LogP) is 3.01. The molecule has 146 valence electrons. The van der Waals surface area contributed by atoms with Crippen molar-refractivity contribution in [2.24, 2.45) is 11.8 Å². The van der Waals surface area contributed by atoms with E-state index < -0.39 is 0 Å². The molecule has 5 nitrogen and oxygen atoms in total. The molecular formula is C22H31N3O2. The molecule has 3 saturated heterocycles. The monoisotopic (exact) mass is 369 g/mol. The van der Waals surface area contributed by atoms with E-state index in [1.54, 1.807) is 6.92 Å². The van der Waals surface area contributed by atoms with Crippen molar-refractivity contribution in [1.29, 1.82) is 0 Å². The van der Waals surface area contributed by atoms with Gasteiger partial charge in [0.25, 0.3) is 5.91 Å². The second-order valence-corrected chi connectivity index (χ2v) is 8.66. The van der Waals surface area contributed by atoms with Gasteiger partial charge in [0.1, 0.15) is 0 Å². The molecule has 2 amide bonds. The van der Waals surface area contributed by atoms with E-state index >= 15 is 0 Å². The zero-order valence-corrected chi connectivity index (χ0v) is 16.6. The highest BCUT2D eigenvalue weighted by molar-refractivity contribution is 5.94. The number of rotatable bonds is 3. The largest absolute Gasteiger partial charge is 0.369 e. The van der Waals surface area contributed by atoms with Crippen LogP contribution >= 0.6 is 0 Å². The number of nitrogens with zero attached hydrogens (tertiary/aromatic N) is 3. The first-order valence-electron chi connectivity index (χ1n) is 10.4. The van der Waals surface area contributed by atoms with E-state index in [9.17, 15) is 9.59 Å². The highest BCUT2D eigenvalue weighted by atomic mass is 16.2. The topological polar surface area (TPSA) is 43.9 Å². The van der Waals surface area contributed by atoms with Gasteiger partial charge in [-0.25, -0.2) is 0 Å². The third-order valence-corrected chi connectivity index (χ3v) is 6.90. The van der Waals surface area contributed by atoms with E-state index in [2.05, 4.69) is 21.9 Å². The summed E-state index contributed by atoms with van der Waals surface area (Å²) < 4.78 is 0. The summed E-state index contributed by atoms with van der Waals surface area (Å²) in [4.78, 5) is 30.8. The van der Waals surface area contributed by atoms with E-state index in [1.165, 1.54) is 25.7 Å². The van der Waals surface area contributed by atoms with Crippen LogP contribution in [0.3, 0.4) is 0 Å². The van der Waals surface area contributed by atoms with Crippen LogP contribution in [0.1, 0.15) is 49.4 Å². The summed E-state index contributed by atoms with van der Waals surface area (Å²) in [6.45, 7) is 5.30. The number of hydrogen-bond donors (Lipinski definition) is 0. The smallest absolute Gasteiger partial charge is 0.253 e. The predicted molar refractivity (Wildman–Crippen MR) is 107 cm³/mol. The maximum atomic E-state index is 13.0. The number of anilines is 1. The first-order chi connectivity index (χ1) is 13.0. The number of carbonyl (C=O) groups excluding carboxylic acids is 2. The van der Waals surface area contributed by atoms with Gasteiger partial charge in [-0.15, -0.1) is 0 Å². The third kappa shape index (κ3) is 3.83. The third-order valence-electron chi connectivity index (χ3n) is 6.90. The summed E-state index contributed by atoms with van der Waals surface area (Å²) >= 11 is 0. The van der Waals surface area contributed by atoms with Crippen molar-refractivity contribution in [2.45, 2.75) is 45.1 Å². The fourth-order valence-corrected chi connectivity index (χ4v) is 5.01. The van der Waals surface area contributed by atoms with Crippen molar-refractivity contribution in [3.63, 3.8) is 0 Å². The minimum Gasteiger partial charge on any atom is -0.369 e. The van der Waals surface area contributed by atoms with Crippen LogP contribution in [0.5, 0.6) is 0 Å². The number of fused-ring (bicyclic) bond motifs is 4. The highest BCUT2D eigenvalue weighted by Gasteiger charge is 2.32. The Balaban J connectivity index is 1.40. The molecule has 1 aromatic rings. The average molecular weight is 370 g/mol. The standard InChI is InChI=1S/C22H31N3O2/c1-16(26)23(2)21-11-12-24(15-21)20-9-7-19(8-10-20)22(27)25-13-17-3-4-18(14-25)6-5-17/h7-10,17-18,21H,3-6,11-15H2,1-2H3. The maximum absolute atomic E-state index is 13.0. The average Bonchev–Trinajstić information content (AvgIpc) is 2.98. The van der Waals surface area contributed by atoms with Gasteiger partial charge in [-0.05, 0) is 68.2 Å².